The van der Waals surface area contributed by atoms with E-state index in [1.165, 1.54) is 11.3 Å². The molecule has 1 aliphatic rings. The molecule has 4 heterocycles. The molecule has 8 nitrogen and oxygen atoms in total. The molecule has 5 rings (SSSR count). The van der Waals surface area contributed by atoms with Gasteiger partial charge in [0.05, 0.1) is 36.8 Å². The van der Waals surface area contributed by atoms with Crippen molar-refractivity contribution >= 4 is 17.2 Å². The van der Waals surface area contributed by atoms with Gasteiger partial charge in [0.1, 0.15) is 5.82 Å². The van der Waals surface area contributed by atoms with Crippen molar-refractivity contribution in [3.8, 4) is 27.8 Å². The maximum absolute atomic E-state index is 13.2. The van der Waals surface area contributed by atoms with Crippen molar-refractivity contribution in [3.05, 3.63) is 77.3 Å². The molecule has 37 heavy (non-hydrogen) atoms. The largest absolute Gasteiger partial charge is 0.493 e. The zero-order valence-electron chi connectivity index (χ0n) is 21.2. The number of nitrogens with zero attached hydrogens (tertiary/aromatic N) is 4. The number of likely N-dealkylation sites (tertiary alicyclic amines) is 1. The molecule has 3 aromatic heterocycles. The standard InChI is InChI=1S/C28H30N4O4S/c1-34-22-16-19(17-23(35-2)26(22)36-3)18-32-15-12-30-27(32)20-9-13-31(14-10-20)28(33)25-8-7-24(37-25)21-6-4-5-11-29-21/h4-8,11-12,15-17,20H,9-10,13-14,18H2,1-3H3. The van der Waals surface area contributed by atoms with E-state index in [1.54, 1.807) is 27.5 Å². The molecule has 9 heteroatoms. The number of ether oxygens (including phenoxy) is 3. The second kappa shape index (κ2) is 11.0. The van der Waals surface area contributed by atoms with Crippen molar-refractivity contribution in [1.82, 2.24) is 19.4 Å². The number of hydrogen-bond donors (Lipinski definition) is 0. The molecule has 1 aliphatic heterocycles. The van der Waals surface area contributed by atoms with Crippen LogP contribution in [0.25, 0.3) is 10.6 Å². The van der Waals surface area contributed by atoms with Gasteiger partial charge in [-0.15, -0.1) is 11.3 Å². The molecule has 4 aromatic rings. The van der Waals surface area contributed by atoms with Gasteiger partial charge in [0, 0.05) is 44.1 Å². The molecule has 0 bridgehead atoms. The van der Waals surface area contributed by atoms with E-state index in [2.05, 4.69) is 14.5 Å². The van der Waals surface area contributed by atoms with E-state index in [-0.39, 0.29) is 11.8 Å². The van der Waals surface area contributed by atoms with Gasteiger partial charge in [-0.05, 0) is 54.8 Å². The minimum atomic E-state index is 0.0893. The highest BCUT2D eigenvalue weighted by Crippen LogP contribution is 2.39. The number of thiophene rings is 1. The summed E-state index contributed by atoms with van der Waals surface area (Å²) in [6.45, 7) is 2.05. The Hall–Kier alpha value is -3.85. The van der Waals surface area contributed by atoms with Crippen LogP contribution in [0, 0.1) is 0 Å². The highest BCUT2D eigenvalue weighted by Gasteiger charge is 2.28. The number of pyridine rings is 1. The summed E-state index contributed by atoms with van der Waals surface area (Å²) < 4.78 is 18.6. The van der Waals surface area contributed by atoms with Crippen molar-refractivity contribution in [2.45, 2.75) is 25.3 Å². The quantitative estimate of drug-likeness (QED) is 0.323. The lowest BCUT2D eigenvalue weighted by Gasteiger charge is -2.31. The summed E-state index contributed by atoms with van der Waals surface area (Å²) in [5.74, 6) is 3.25. The Morgan fingerprint density at radius 2 is 1.73 bits per heavy atom. The van der Waals surface area contributed by atoms with E-state index >= 15 is 0 Å². The Balaban J connectivity index is 1.25. The van der Waals surface area contributed by atoms with Gasteiger partial charge in [-0.1, -0.05) is 6.07 Å². The summed E-state index contributed by atoms with van der Waals surface area (Å²) in [6.07, 6.45) is 7.36. The van der Waals surface area contributed by atoms with Crippen LogP contribution in [0.4, 0.5) is 0 Å². The number of piperidine rings is 1. The van der Waals surface area contributed by atoms with Crippen molar-refractivity contribution in [2.75, 3.05) is 34.4 Å². The lowest BCUT2D eigenvalue weighted by molar-refractivity contribution is 0.0715. The van der Waals surface area contributed by atoms with Gasteiger partial charge in [-0.2, -0.15) is 0 Å². The minimum absolute atomic E-state index is 0.0893. The van der Waals surface area contributed by atoms with E-state index in [1.807, 2.05) is 59.8 Å². The molecular weight excluding hydrogens is 488 g/mol. The van der Waals surface area contributed by atoms with Crippen LogP contribution in [0.3, 0.4) is 0 Å². The number of hydrogen-bond acceptors (Lipinski definition) is 7. The van der Waals surface area contributed by atoms with E-state index < -0.39 is 0 Å². The van der Waals surface area contributed by atoms with Gasteiger partial charge < -0.3 is 23.7 Å². The first-order valence-corrected chi connectivity index (χ1v) is 13.0. The molecular formula is C28H30N4O4S. The Kier molecular flexibility index (Phi) is 7.41. The summed E-state index contributed by atoms with van der Waals surface area (Å²) >= 11 is 1.50. The molecule has 0 saturated carbocycles. The van der Waals surface area contributed by atoms with Crippen LogP contribution < -0.4 is 14.2 Å². The summed E-state index contributed by atoms with van der Waals surface area (Å²) in [5, 5.41) is 0. The van der Waals surface area contributed by atoms with Gasteiger partial charge in [-0.25, -0.2) is 4.98 Å². The Morgan fingerprint density at radius 1 is 0.973 bits per heavy atom. The number of aromatic nitrogens is 3. The first-order chi connectivity index (χ1) is 18.1. The third kappa shape index (κ3) is 5.17. The monoisotopic (exact) mass is 518 g/mol. The number of carbonyl (C=O) groups is 1. The highest BCUT2D eigenvalue weighted by atomic mass is 32.1. The molecule has 1 amide bonds. The van der Waals surface area contributed by atoms with Crippen molar-refractivity contribution in [1.29, 1.82) is 0 Å². The van der Waals surface area contributed by atoms with Crippen LogP contribution in [0.1, 0.15) is 39.8 Å². The fourth-order valence-corrected chi connectivity index (χ4v) is 5.78. The van der Waals surface area contributed by atoms with Crippen LogP contribution in [-0.2, 0) is 6.54 Å². The van der Waals surface area contributed by atoms with Crippen LogP contribution in [0.5, 0.6) is 17.2 Å². The molecule has 1 saturated heterocycles. The topological polar surface area (TPSA) is 78.7 Å². The Morgan fingerprint density at radius 3 is 2.38 bits per heavy atom. The molecule has 0 N–H and O–H groups in total. The zero-order chi connectivity index (χ0) is 25.8. The van der Waals surface area contributed by atoms with Crippen LogP contribution in [0.15, 0.2) is 61.1 Å². The lowest BCUT2D eigenvalue weighted by Crippen LogP contribution is -2.38. The molecule has 1 fully saturated rings. The predicted octanol–water partition coefficient (Wildman–Crippen LogP) is 5.10. The second-order valence-electron chi connectivity index (χ2n) is 8.89. The summed E-state index contributed by atoms with van der Waals surface area (Å²) in [5.41, 5.74) is 1.92. The van der Waals surface area contributed by atoms with Crippen molar-refractivity contribution < 1.29 is 19.0 Å². The van der Waals surface area contributed by atoms with E-state index in [9.17, 15) is 4.79 Å². The normalized spacial score (nSPS) is 14.0. The fraction of sp³-hybridized carbons (Fsp3) is 0.321. The average molecular weight is 519 g/mol. The molecule has 0 radical (unpaired) electrons. The summed E-state index contributed by atoms with van der Waals surface area (Å²) in [4.78, 5) is 26.0. The number of imidazole rings is 1. The van der Waals surface area contributed by atoms with Gasteiger partial charge in [-0.3, -0.25) is 9.78 Å². The third-order valence-corrected chi connectivity index (χ3v) is 7.80. The van der Waals surface area contributed by atoms with Gasteiger partial charge in [0.25, 0.3) is 5.91 Å². The van der Waals surface area contributed by atoms with E-state index in [4.69, 9.17) is 14.2 Å². The van der Waals surface area contributed by atoms with E-state index in [0.717, 1.165) is 39.7 Å². The second-order valence-corrected chi connectivity index (χ2v) is 9.98. The summed E-state index contributed by atoms with van der Waals surface area (Å²) in [6, 6.07) is 13.6. The number of benzene rings is 1. The van der Waals surface area contributed by atoms with Crippen molar-refractivity contribution in [3.63, 3.8) is 0 Å². The van der Waals surface area contributed by atoms with Gasteiger partial charge in [0.15, 0.2) is 11.5 Å². The lowest BCUT2D eigenvalue weighted by atomic mass is 9.95. The SMILES string of the molecule is COc1cc(Cn2ccnc2C2CCN(C(=O)c3ccc(-c4ccccn4)s3)CC2)cc(OC)c1OC. The maximum atomic E-state index is 13.2. The maximum Gasteiger partial charge on any atom is 0.263 e. The van der Waals surface area contributed by atoms with Crippen LogP contribution >= 0.6 is 11.3 Å². The molecule has 0 unspecified atom stereocenters. The third-order valence-electron chi connectivity index (χ3n) is 6.71. The zero-order valence-corrected chi connectivity index (χ0v) is 22.0. The summed E-state index contributed by atoms with van der Waals surface area (Å²) in [7, 11) is 4.84. The molecule has 0 spiro atoms. The predicted molar refractivity (Wildman–Crippen MR) is 143 cm³/mol. The van der Waals surface area contributed by atoms with Crippen molar-refractivity contribution in [2.24, 2.45) is 0 Å². The molecule has 192 valence electrons. The Labute approximate surface area is 220 Å². The Bertz CT molecular complexity index is 1330. The average Bonchev–Trinajstić information content (AvgIpc) is 3.63. The van der Waals surface area contributed by atoms with E-state index in [0.29, 0.717) is 36.9 Å². The number of carbonyl (C=O) groups excluding carboxylic acids is 1. The van der Waals surface area contributed by atoms with Gasteiger partial charge >= 0.3 is 0 Å². The number of amides is 1. The smallest absolute Gasteiger partial charge is 0.263 e. The van der Waals surface area contributed by atoms with Crippen LogP contribution in [-0.4, -0.2) is 59.8 Å². The number of methoxy groups -OCH3 is 3. The number of rotatable bonds is 8. The molecule has 0 aliphatic carbocycles. The fourth-order valence-electron chi connectivity index (χ4n) is 4.83. The molecule has 1 aromatic carbocycles. The van der Waals surface area contributed by atoms with Crippen LogP contribution in [0.2, 0.25) is 0 Å². The van der Waals surface area contributed by atoms with Gasteiger partial charge in [0.2, 0.25) is 5.75 Å². The first-order valence-electron chi connectivity index (χ1n) is 12.2. The minimum Gasteiger partial charge on any atom is -0.493 e. The first kappa shape index (κ1) is 24.8. The highest BCUT2D eigenvalue weighted by molar-refractivity contribution is 7.17. The molecule has 0 atom stereocenters.